The topological polar surface area (TPSA) is 44.8 Å². The van der Waals surface area contributed by atoms with Crippen molar-refractivity contribution in [2.45, 2.75) is 19.1 Å². The van der Waals surface area contributed by atoms with Crippen LogP contribution in [0.15, 0.2) is 66.0 Å². The van der Waals surface area contributed by atoms with Crippen LogP contribution >= 0.6 is 11.3 Å². The molecule has 0 saturated carbocycles. The van der Waals surface area contributed by atoms with Gasteiger partial charge in [-0.2, -0.15) is 0 Å². The number of carbonyl (C=O) groups excluding carboxylic acids is 1. The van der Waals surface area contributed by atoms with Crippen molar-refractivity contribution in [3.8, 4) is 5.75 Å². The van der Waals surface area contributed by atoms with Gasteiger partial charge in [-0.05, 0) is 54.9 Å². The van der Waals surface area contributed by atoms with Gasteiger partial charge in [0.05, 0.1) is 5.56 Å². The molecule has 1 aliphatic heterocycles. The Hall–Kier alpha value is -2.83. The average Bonchev–Trinajstić information content (AvgIpc) is 3.31. The lowest BCUT2D eigenvalue weighted by atomic mass is 10.1. The van der Waals surface area contributed by atoms with E-state index >= 15 is 0 Å². The van der Waals surface area contributed by atoms with Crippen molar-refractivity contribution >= 4 is 22.9 Å². The van der Waals surface area contributed by atoms with Crippen molar-refractivity contribution in [1.29, 1.82) is 0 Å². The lowest BCUT2D eigenvalue weighted by Gasteiger charge is -2.22. The van der Waals surface area contributed by atoms with Crippen LogP contribution in [0.3, 0.4) is 0 Å². The molecule has 162 valence electrons. The van der Waals surface area contributed by atoms with E-state index < -0.39 is 0 Å². The summed E-state index contributed by atoms with van der Waals surface area (Å²) in [5, 5.41) is 5.29. The van der Waals surface area contributed by atoms with Crippen molar-refractivity contribution in [2.24, 2.45) is 0 Å². The monoisotopic (exact) mass is 435 g/mol. The number of para-hydroxylation sites is 1. The van der Waals surface area contributed by atoms with Gasteiger partial charge in [0.15, 0.2) is 0 Å². The molecule has 5 nitrogen and oxygen atoms in total. The van der Waals surface area contributed by atoms with E-state index in [1.54, 1.807) is 11.3 Å². The number of rotatable bonds is 8. The molecule has 1 unspecified atom stereocenters. The molecule has 2 aromatic carbocycles. The predicted molar refractivity (Wildman–Crippen MR) is 127 cm³/mol. The Morgan fingerprint density at radius 3 is 2.61 bits per heavy atom. The molecule has 4 rings (SSSR count). The van der Waals surface area contributed by atoms with Crippen LogP contribution in [0.5, 0.6) is 5.75 Å². The molecular weight excluding hydrogens is 406 g/mol. The lowest BCUT2D eigenvalue weighted by molar-refractivity contribution is 0.0755. The summed E-state index contributed by atoms with van der Waals surface area (Å²) in [5.74, 6) is 0.940. The summed E-state index contributed by atoms with van der Waals surface area (Å²) in [6.07, 6.45) is 0.950. The molecule has 1 N–H and O–H groups in total. The number of hydrogen-bond acceptors (Lipinski definition) is 5. The van der Waals surface area contributed by atoms with Crippen LogP contribution < -0.4 is 15.0 Å². The van der Waals surface area contributed by atoms with Crippen LogP contribution in [-0.2, 0) is 6.54 Å². The van der Waals surface area contributed by atoms with E-state index in [0.29, 0.717) is 13.1 Å². The molecule has 1 aliphatic rings. The highest BCUT2D eigenvalue weighted by Crippen LogP contribution is 2.29. The van der Waals surface area contributed by atoms with Crippen LogP contribution in [0.2, 0.25) is 0 Å². The summed E-state index contributed by atoms with van der Waals surface area (Å²) in [5.41, 5.74) is 2.87. The van der Waals surface area contributed by atoms with Crippen molar-refractivity contribution in [3.05, 3.63) is 82.0 Å². The first kappa shape index (κ1) is 21.4. The number of carbonyl (C=O) groups is 1. The zero-order chi connectivity index (χ0) is 21.6. The third-order valence-corrected chi connectivity index (χ3v) is 6.59. The van der Waals surface area contributed by atoms with Crippen LogP contribution in [0.4, 0.5) is 5.69 Å². The number of amides is 1. The summed E-state index contributed by atoms with van der Waals surface area (Å²) in [6.45, 7) is 3.01. The second-order valence-corrected chi connectivity index (χ2v) is 8.80. The van der Waals surface area contributed by atoms with Crippen LogP contribution in [0.25, 0.3) is 0 Å². The van der Waals surface area contributed by atoms with E-state index in [-0.39, 0.29) is 12.0 Å². The Labute approximate surface area is 188 Å². The number of thiophene rings is 1. The molecule has 0 saturated heterocycles. The Bertz CT molecular complexity index is 988. The highest BCUT2D eigenvalue weighted by Gasteiger charge is 2.24. The second kappa shape index (κ2) is 9.98. The van der Waals surface area contributed by atoms with Gasteiger partial charge in [-0.15, -0.1) is 11.3 Å². The number of benzene rings is 2. The third-order valence-electron chi connectivity index (χ3n) is 5.63. The third kappa shape index (κ3) is 5.09. The van der Waals surface area contributed by atoms with E-state index in [2.05, 4.69) is 39.9 Å². The summed E-state index contributed by atoms with van der Waals surface area (Å²) in [7, 11) is 4.00. The number of anilines is 1. The van der Waals surface area contributed by atoms with Gasteiger partial charge in [0.1, 0.15) is 11.9 Å². The fraction of sp³-hybridized carbons (Fsp3) is 0.320. The first-order valence-corrected chi connectivity index (χ1v) is 11.6. The number of fused-ring (bicyclic) bond motifs is 1. The van der Waals surface area contributed by atoms with Gasteiger partial charge in [0, 0.05) is 43.7 Å². The maximum absolute atomic E-state index is 13.1. The molecule has 2 heterocycles. The van der Waals surface area contributed by atoms with Crippen LogP contribution in [-0.4, -0.2) is 44.5 Å². The van der Waals surface area contributed by atoms with Gasteiger partial charge >= 0.3 is 0 Å². The van der Waals surface area contributed by atoms with Gasteiger partial charge < -0.3 is 19.9 Å². The Morgan fingerprint density at radius 1 is 1.06 bits per heavy atom. The number of hydrogen-bond donors (Lipinski definition) is 1. The smallest absolute Gasteiger partial charge is 0.256 e. The van der Waals surface area contributed by atoms with E-state index in [1.165, 1.54) is 4.88 Å². The maximum Gasteiger partial charge on any atom is 0.256 e. The molecule has 0 radical (unpaired) electrons. The van der Waals surface area contributed by atoms with Crippen molar-refractivity contribution in [2.75, 3.05) is 38.6 Å². The quantitative estimate of drug-likeness (QED) is 0.563. The van der Waals surface area contributed by atoms with Gasteiger partial charge in [0.2, 0.25) is 0 Å². The zero-order valence-electron chi connectivity index (χ0n) is 18.1. The molecule has 0 spiro atoms. The van der Waals surface area contributed by atoms with Crippen molar-refractivity contribution in [3.63, 3.8) is 0 Å². The Morgan fingerprint density at radius 2 is 1.87 bits per heavy atom. The summed E-state index contributed by atoms with van der Waals surface area (Å²) >= 11 is 1.72. The molecule has 0 fully saturated rings. The maximum atomic E-state index is 13.1. The summed E-state index contributed by atoms with van der Waals surface area (Å²) in [4.78, 5) is 18.4. The Kier molecular flexibility index (Phi) is 6.89. The van der Waals surface area contributed by atoms with E-state index in [0.717, 1.165) is 42.1 Å². The minimum atomic E-state index is 0.0394. The van der Waals surface area contributed by atoms with Gasteiger partial charge in [-0.3, -0.25) is 4.79 Å². The predicted octanol–water partition coefficient (Wildman–Crippen LogP) is 4.57. The molecule has 1 aromatic heterocycles. The van der Waals surface area contributed by atoms with Crippen LogP contribution in [0, 0.1) is 0 Å². The van der Waals surface area contributed by atoms with Gasteiger partial charge in [-0.25, -0.2) is 0 Å². The number of nitrogens with zero attached hydrogens (tertiary/aromatic N) is 2. The SMILES string of the molecule is CNCCC(Oc1ccc(CN2CCN(C)c3ccccc3C2=O)cc1)c1cccs1. The van der Waals surface area contributed by atoms with Crippen LogP contribution in [0.1, 0.15) is 33.3 Å². The largest absolute Gasteiger partial charge is 0.485 e. The molecule has 0 aliphatic carbocycles. The molecule has 1 amide bonds. The molecule has 0 bridgehead atoms. The fourth-order valence-electron chi connectivity index (χ4n) is 3.87. The first-order chi connectivity index (χ1) is 15.2. The van der Waals surface area contributed by atoms with Crippen molar-refractivity contribution < 1.29 is 9.53 Å². The minimum Gasteiger partial charge on any atom is -0.485 e. The normalized spacial score (nSPS) is 14.8. The number of likely N-dealkylation sites (N-methyl/N-ethyl adjacent to an activating group) is 1. The van der Waals surface area contributed by atoms with Crippen molar-refractivity contribution in [1.82, 2.24) is 10.2 Å². The molecular formula is C25H29N3O2S. The highest BCUT2D eigenvalue weighted by atomic mass is 32.1. The molecule has 6 heteroatoms. The lowest BCUT2D eigenvalue weighted by Crippen LogP contribution is -2.33. The molecule has 1 atom stereocenters. The summed E-state index contributed by atoms with van der Waals surface area (Å²) < 4.78 is 6.29. The van der Waals surface area contributed by atoms with E-state index in [4.69, 9.17) is 4.74 Å². The number of ether oxygens (including phenoxy) is 1. The highest BCUT2D eigenvalue weighted by molar-refractivity contribution is 7.10. The Balaban J connectivity index is 1.44. The van der Waals surface area contributed by atoms with Gasteiger partial charge in [0.25, 0.3) is 5.91 Å². The molecule has 31 heavy (non-hydrogen) atoms. The summed E-state index contributed by atoms with van der Waals surface area (Å²) in [6, 6.07) is 20.2. The minimum absolute atomic E-state index is 0.0394. The van der Waals surface area contributed by atoms with Gasteiger partial charge in [-0.1, -0.05) is 30.3 Å². The number of nitrogens with one attached hydrogen (secondary N) is 1. The zero-order valence-corrected chi connectivity index (χ0v) is 18.9. The second-order valence-electron chi connectivity index (χ2n) is 7.82. The van der Waals surface area contributed by atoms with E-state index in [9.17, 15) is 4.79 Å². The molecule has 3 aromatic rings. The average molecular weight is 436 g/mol. The first-order valence-electron chi connectivity index (χ1n) is 10.7. The fourth-order valence-corrected chi connectivity index (χ4v) is 4.66. The van der Waals surface area contributed by atoms with E-state index in [1.807, 2.05) is 55.4 Å². The standard InChI is InChI=1S/C25H29N3O2S/c1-26-14-13-23(24-8-5-17-31-24)30-20-11-9-19(10-12-20)18-28-16-15-27(2)22-7-4-3-6-21(22)25(28)29/h3-12,17,23,26H,13-16,18H2,1-2H3.